The molecule has 0 aromatic heterocycles. The molecule has 0 amide bonds. The zero-order valence-electron chi connectivity index (χ0n) is 11.3. The van der Waals surface area contributed by atoms with Crippen molar-refractivity contribution >= 4 is 5.97 Å². The van der Waals surface area contributed by atoms with Crippen molar-refractivity contribution in [1.29, 1.82) is 0 Å². The highest BCUT2D eigenvalue weighted by molar-refractivity contribution is 5.76. The van der Waals surface area contributed by atoms with Gasteiger partial charge in [-0.3, -0.25) is 4.79 Å². The van der Waals surface area contributed by atoms with Gasteiger partial charge >= 0.3 is 5.97 Å². The normalized spacial score (nSPS) is 33.6. The molecular weight excluding hydrogens is 204 g/mol. The van der Waals surface area contributed by atoms with Crippen LogP contribution in [0.25, 0.3) is 0 Å². The van der Waals surface area contributed by atoms with Crippen LogP contribution in [0.1, 0.15) is 60.3 Å². The molecule has 0 radical (unpaired) electrons. The summed E-state index contributed by atoms with van der Waals surface area (Å²) in [6.45, 7) is 10.0. The zero-order chi connectivity index (χ0) is 12.8. The van der Waals surface area contributed by atoms with Gasteiger partial charge < -0.3 is 9.84 Å². The van der Waals surface area contributed by atoms with Crippen molar-refractivity contribution in [2.24, 2.45) is 5.41 Å². The first-order chi connectivity index (χ1) is 7.40. The van der Waals surface area contributed by atoms with Crippen molar-refractivity contribution < 1.29 is 14.6 Å². The number of hydrogen-bond donors (Lipinski definition) is 1. The molecule has 0 aromatic carbocycles. The highest BCUT2D eigenvalue weighted by Crippen LogP contribution is 2.41. The molecule has 0 saturated heterocycles. The van der Waals surface area contributed by atoms with Gasteiger partial charge in [0.15, 0.2) is 0 Å². The topological polar surface area (TPSA) is 46.5 Å². The number of aliphatic hydroxyl groups is 1. The molecule has 0 aliphatic heterocycles. The van der Waals surface area contributed by atoms with E-state index in [-0.39, 0.29) is 11.4 Å². The van der Waals surface area contributed by atoms with E-state index in [1.54, 1.807) is 0 Å². The second-order valence-corrected chi connectivity index (χ2v) is 4.78. The van der Waals surface area contributed by atoms with Crippen molar-refractivity contribution in [2.45, 2.75) is 65.9 Å². The minimum Gasteiger partial charge on any atom is -0.466 e. The summed E-state index contributed by atoms with van der Waals surface area (Å²) in [5.74, 6) is -0.115. The molecule has 0 spiro atoms. The fraction of sp³-hybridized carbons (Fsp3) is 0.923. The summed E-state index contributed by atoms with van der Waals surface area (Å²) in [5, 5.41) is 9.77. The largest absolute Gasteiger partial charge is 0.466 e. The van der Waals surface area contributed by atoms with Gasteiger partial charge in [0.05, 0.1) is 17.6 Å². The zero-order valence-corrected chi connectivity index (χ0v) is 11.3. The van der Waals surface area contributed by atoms with Crippen LogP contribution in [0.5, 0.6) is 0 Å². The van der Waals surface area contributed by atoms with E-state index in [2.05, 4.69) is 0 Å². The fourth-order valence-corrected chi connectivity index (χ4v) is 1.85. The highest BCUT2D eigenvalue weighted by atomic mass is 16.5. The van der Waals surface area contributed by atoms with Crippen LogP contribution in [0.2, 0.25) is 0 Å². The average molecular weight is 230 g/mol. The third-order valence-electron chi connectivity index (χ3n) is 3.20. The maximum Gasteiger partial charge on any atom is 0.311 e. The van der Waals surface area contributed by atoms with Crippen LogP contribution in [-0.2, 0) is 9.53 Å². The minimum absolute atomic E-state index is 0.115. The van der Waals surface area contributed by atoms with Crippen molar-refractivity contribution in [3.8, 4) is 0 Å². The number of carbonyl (C=O) groups is 1. The Morgan fingerprint density at radius 3 is 2.00 bits per heavy atom. The first-order valence-electron chi connectivity index (χ1n) is 6.29. The number of esters is 1. The van der Waals surface area contributed by atoms with E-state index in [1.165, 1.54) is 0 Å². The lowest BCUT2D eigenvalue weighted by atomic mass is 9.70. The van der Waals surface area contributed by atoms with Crippen LogP contribution < -0.4 is 0 Å². The Morgan fingerprint density at radius 1 is 1.19 bits per heavy atom. The first kappa shape index (κ1) is 15.4. The highest BCUT2D eigenvalue weighted by Gasteiger charge is 2.42. The molecule has 1 aliphatic rings. The lowest BCUT2D eigenvalue weighted by Gasteiger charge is -2.38. The van der Waals surface area contributed by atoms with Crippen LogP contribution >= 0.6 is 0 Å². The quantitative estimate of drug-likeness (QED) is 0.742. The van der Waals surface area contributed by atoms with Gasteiger partial charge in [-0.1, -0.05) is 13.8 Å². The first-order valence-corrected chi connectivity index (χ1v) is 6.29. The molecule has 3 nitrogen and oxygen atoms in total. The van der Waals surface area contributed by atoms with Gasteiger partial charge in [0.2, 0.25) is 0 Å². The van der Waals surface area contributed by atoms with Crippen LogP contribution in [-0.4, -0.2) is 23.3 Å². The van der Waals surface area contributed by atoms with E-state index in [0.29, 0.717) is 19.4 Å². The number of rotatable bonds is 2. The van der Waals surface area contributed by atoms with Crippen molar-refractivity contribution in [3.05, 3.63) is 0 Å². The third kappa shape index (κ3) is 4.12. The summed E-state index contributed by atoms with van der Waals surface area (Å²) < 4.78 is 5.03. The van der Waals surface area contributed by atoms with Crippen LogP contribution in [0.4, 0.5) is 0 Å². The van der Waals surface area contributed by atoms with Gasteiger partial charge in [0.25, 0.3) is 0 Å². The molecule has 16 heavy (non-hydrogen) atoms. The molecule has 1 rings (SSSR count). The van der Waals surface area contributed by atoms with E-state index in [1.807, 2.05) is 34.6 Å². The molecule has 1 fully saturated rings. The third-order valence-corrected chi connectivity index (χ3v) is 3.20. The minimum atomic E-state index is -0.591. The van der Waals surface area contributed by atoms with Gasteiger partial charge in [0.1, 0.15) is 0 Å². The van der Waals surface area contributed by atoms with Crippen LogP contribution in [0.15, 0.2) is 0 Å². The summed E-state index contributed by atoms with van der Waals surface area (Å²) >= 11 is 0. The molecule has 96 valence electrons. The van der Waals surface area contributed by atoms with Gasteiger partial charge in [-0.25, -0.2) is 0 Å². The Bertz CT molecular complexity index is 211. The number of hydrogen-bond acceptors (Lipinski definition) is 3. The lowest BCUT2D eigenvalue weighted by molar-refractivity contribution is -0.159. The van der Waals surface area contributed by atoms with E-state index in [4.69, 9.17) is 4.74 Å². The smallest absolute Gasteiger partial charge is 0.311 e. The molecule has 1 aliphatic carbocycles. The van der Waals surface area contributed by atoms with E-state index < -0.39 is 5.60 Å². The second-order valence-electron chi connectivity index (χ2n) is 4.78. The maximum atomic E-state index is 11.6. The Labute approximate surface area is 99.2 Å². The van der Waals surface area contributed by atoms with E-state index in [9.17, 15) is 9.90 Å². The molecule has 0 bridgehead atoms. The molecule has 0 aromatic rings. The van der Waals surface area contributed by atoms with Gasteiger partial charge in [-0.15, -0.1) is 0 Å². The van der Waals surface area contributed by atoms with Crippen LogP contribution in [0.3, 0.4) is 0 Å². The summed E-state index contributed by atoms with van der Waals surface area (Å²) in [6, 6.07) is 0. The van der Waals surface area contributed by atoms with Gasteiger partial charge in [-0.2, -0.15) is 0 Å². The van der Waals surface area contributed by atoms with Crippen molar-refractivity contribution in [1.82, 2.24) is 0 Å². The van der Waals surface area contributed by atoms with E-state index in [0.717, 1.165) is 12.8 Å². The van der Waals surface area contributed by atoms with Crippen molar-refractivity contribution in [3.63, 3.8) is 0 Å². The number of carbonyl (C=O) groups excluding carboxylic acids is 1. The van der Waals surface area contributed by atoms with Crippen LogP contribution in [0, 0.1) is 5.41 Å². The Hall–Kier alpha value is -0.570. The molecule has 0 unspecified atom stereocenters. The summed E-state index contributed by atoms with van der Waals surface area (Å²) in [4.78, 5) is 11.6. The van der Waals surface area contributed by atoms with Crippen molar-refractivity contribution in [2.75, 3.05) is 6.61 Å². The predicted octanol–water partition coefficient (Wildman–Crippen LogP) is 2.91. The predicted molar refractivity (Wildman–Crippen MR) is 65.2 cm³/mol. The standard InChI is InChI=1S/C11H20O3.C2H6/c1-4-14-9(12)10(2)5-7-11(3,13)8-6-10;1-2/h13H,4-8H2,1-3H3;1-2H3. The Kier molecular flexibility index (Phi) is 6.01. The Balaban J connectivity index is 0.00000106. The monoisotopic (exact) mass is 230 g/mol. The lowest BCUT2D eigenvalue weighted by Crippen LogP contribution is -2.40. The molecule has 0 heterocycles. The average Bonchev–Trinajstić information content (AvgIpc) is 2.26. The SMILES string of the molecule is CC.CCOC(=O)C1(C)CCC(C)(O)CC1. The molecular formula is C13H26O3. The summed E-state index contributed by atoms with van der Waals surface area (Å²) in [6.07, 6.45) is 2.81. The van der Waals surface area contributed by atoms with Gasteiger partial charge in [0, 0.05) is 0 Å². The maximum absolute atomic E-state index is 11.6. The fourth-order valence-electron chi connectivity index (χ4n) is 1.85. The molecule has 1 N–H and O–H groups in total. The molecule has 1 saturated carbocycles. The Morgan fingerprint density at radius 2 is 1.62 bits per heavy atom. The van der Waals surface area contributed by atoms with Gasteiger partial charge in [-0.05, 0) is 46.5 Å². The number of ether oxygens (including phenoxy) is 1. The second kappa shape index (κ2) is 6.24. The summed E-state index contributed by atoms with van der Waals surface area (Å²) in [5.41, 5.74) is -0.968. The summed E-state index contributed by atoms with van der Waals surface area (Å²) in [7, 11) is 0. The molecule has 0 atom stereocenters. The molecule has 3 heteroatoms. The van der Waals surface area contributed by atoms with E-state index >= 15 is 0 Å².